The number of nitrogens with zero attached hydrogens (tertiary/aromatic N) is 1. The van der Waals surface area contributed by atoms with Crippen LogP contribution in [0.2, 0.25) is 0 Å². The number of hydrogen-bond acceptors (Lipinski definition) is 4. The normalized spacial score (nSPS) is 20.2. The van der Waals surface area contributed by atoms with E-state index in [-0.39, 0.29) is 5.91 Å². The van der Waals surface area contributed by atoms with Crippen LogP contribution in [0.25, 0.3) is 0 Å². The molecule has 26 heavy (non-hydrogen) atoms. The van der Waals surface area contributed by atoms with Gasteiger partial charge in [0.05, 0.1) is 0 Å². The molecule has 1 aromatic rings. The van der Waals surface area contributed by atoms with E-state index >= 15 is 0 Å². The zero-order chi connectivity index (χ0) is 19.5. The van der Waals surface area contributed by atoms with Crippen molar-refractivity contribution >= 4 is 46.7 Å². The maximum Gasteiger partial charge on any atom is 0.315 e. The molecule has 0 aromatic heterocycles. The van der Waals surface area contributed by atoms with Gasteiger partial charge in [0.25, 0.3) is 11.8 Å². The first kappa shape index (κ1) is 20.5. The van der Waals surface area contributed by atoms with Crippen LogP contribution in [-0.4, -0.2) is 46.7 Å². The van der Waals surface area contributed by atoms with Gasteiger partial charge >= 0.3 is 5.97 Å². The predicted octanol–water partition coefficient (Wildman–Crippen LogP) is 3.23. The summed E-state index contributed by atoms with van der Waals surface area (Å²) in [7, 11) is 0. The third-order valence-electron chi connectivity index (χ3n) is 4.51. The number of ether oxygens (including phenoxy) is 1. The van der Waals surface area contributed by atoms with Gasteiger partial charge < -0.3 is 15.0 Å². The minimum absolute atomic E-state index is 0.0647. The molecule has 1 fully saturated rings. The van der Waals surface area contributed by atoms with Crippen molar-refractivity contribution in [3.63, 3.8) is 0 Å². The van der Waals surface area contributed by atoms with Crippen molar-refractivity contribution in [1.29, 1.82) is 0 Å². The quantitative estimate of drug-likeness (QED) is 0.562. The van der Waals surface area contributed by atoms with Gasteiger partial charge in [0.2, 0.25) is 0 Å². The van der Waals surface area contributed by atoms with E-state index < -0.39 is 28.2 Å². The largest absolute Gasteiger partial charge is 0.455 e. The smallest absolute Gasteiger partial charge is 0.315 e. The average Bonchev–Trinajstić information content (AvgIpc) is 3.13. The van der Waals surface area contributed by atoms with Crippen LogP contribution < -0.4 is 5.32 Å². The molecule has 0 bridgehead atoms. The second kappa shape index (κ2) is 7.84. The molecule has 2 amide bonds. The minimum atomic E-state index is -1.13. The highest BCUT2D eigenvalue weighted by molar-refractivity contribution is 6.53. The van der Waals surface area contributed by atoms with Gasteiger partial charge in [-0.1, -0.05) is 0 Å². The fourth-order valence-corrected chi connectivity index (χ4v) is 3.19. The van der Waals surface area contributed by atoms with Gasteiger partial charge in [-0.2, -0.15) is 0 Å². The molecule has 0 aliphatic heterocycles. The summed E-state index contributed by atoms with van der Waals surface area (Å²) in [5.41, 5.74) is 0.0761. The van der Waals surface area contributed by atoms with Gasteiger partial charge in [0, 0.05) is 30.8 Å². The monoisotopic (exact) mass is 400 g/mol. The van der Waals surface area contributed by atoms with Crippen molar-refractivity contribution in [2.45, 2.75) is 31.5 Å². The van der Waals surface area contributed by atoms with Gasteiger partial charge in [-0.05, 0) is 45.0 Å². The number of carbonyl (C=O) groups is 3. The summed E-state index contributed by atoms with van der Waals surface area (Å²) in [6.45, 7) is 6.25. The lowest BCUT2D eigenvalue weighted by atomic mass is 10.1. The fraction of sp³-hybridized carbons (Fsp3) is 0.500. The van der Waals surface area contributed by atoms with E-state index in [0.717, 1.165) is 0 Å². The maximum atomic E-state index is 12.2. The Bertz CT molecular complexity index is 702. The Balaban J connectivity index is 1.86. The minimum Gasteiger partial charge on any atom is -0.455 e. The van der Waals surface area contributed by atoms with Gasteiger partial charge in [-0.25, -0.2) is 0 Å². The number of carbonyl (C=O) groups excluding carboxylic acids is 3. The van der Waals surface area contributed by atoms with Gasteiger partial charge in [-0.15, -0.1) is 23.2 Å². The molecule has 0 spiro atoms. The molecular weight excluding hydrogens is 379 g/mol. The van der Waals surface area contributed by atoms with E-state index in [2.05, 4.69) is 5.32 Å². The summed E-state index contributed by atoms with van der Waals surface area (Å²) >= 11 is 11.8. The van der Waals surface area contributed by atoms with Crippen LogP contribution in [0.3, 0.4) is 0 Å². The molecule has 2 rings (SSSR count). The molecule has 0 saturated heterocycles. The number of halogens is 2. The molecule has 1 N–H and O–H groups in total. The lowest BCUT2D eigenvalue weighted by Gasteiger charge is -2.18. The average molecular weight is 401 g/mol. The van der Waals surface area contributed by atoms with E-state index in [1.165, 1.54) is 0 Å². The lowest BCUT2D eigenvalue weighted by Crippen LogP contribution is -2.30. The topological polar surface area (TPSA) is 75.7 Å². The van der Waals surface area contributed by atoms with Gasteiger partial charge in [0.15, 0.2) is 6.61 Å². The highest BCUT2D eigenvalue weighted by Crippen LogP contribution is 2.64. The van der Waals surface area contributed by atoms with E-state index in [1.54, 1.807) is 36.1 Å². The van der Waals surface area contributed by atoms with Crippen molar-refractivity contribution in [1.82, 2.24) is 4.90 Å². The molecule has 142 valence electrons. The van der Waals surface area contributed by atoms with Gasteiger partial charge in [0.1, 0.15) is 9.75 Å². The SMILES string of the molecule is CCN(CC)C(=O)c1ccc(NC(=O)COC(=O)[C@]2(C)CC2(Cl)Cl)cc1. The summed E-state index contributed by atoms with van der Waals surface area (Å²) in [6.07, 6.45) is 0.297. The number of rotatable bonds is 7. The van der Waals surface area contributed by atoms with Crippen LogP contribution in [0.1, 0.15) is 37.6 Å². The van der Waals surface area contributed by atoms with Crippen LogP contribution >= 0.6 is 23.2 Å². The number of hydrogen-bond donors (Lipinski definition) is 1. The zero-order valence-electron chi connectivity index (χ0n) is 15.0. The van der Waals surface area contributed by atoms with Crippen LogP contribution in [0.4, 0.5) is 5.69 Å². The Morgan fingerprint density at radius 2 is 1.69 bits per heavy atom. The fourth-order valence-electron chi connectivity index (χ4n) is 2.50. The van der Waals surface area contributed by atoms with Crippen molar-refractivity contribution in [2.24, 2.45) is 5.41 Å². The summed E-state index contributed by atoms with van der Waals surface area (Å²) in [5, 5.41) is 2.61. The first-order chi connectivity index (χ1) is 12.1. The first-order valence-corrected chi connectivity index (χ1v) is 9.14. The van der Waals surface area contributed by atoms with Crippen LogP contribution in [0, 0.1) is 5.41 Å². The number of benzene rings is 1. The van der Waals surface area contributed by atoms with Crippen molar-refractivity contribution in [3.8, 4) is 0 Å². The van der Waals surface area contributed by atoms with Crippen LogP contribution in [0.5, 0.6) is 0 Å². The van der Waals surface area contributed by atoms with Crippen LogP contribution in [-0.2, 0) is 14.3 Å². The number of esters is 1. The first-order valence-electron chi connectivity index (χ1n) is 8.39. The standard InChI is InChI=1S/C18H22Cl2N2O4/c1-4-22(5-2)15(24)12-6-8-13(9-7-12)21-14(23)10-26-16(25)17(3)11-18(17,19)20/h6-9H,4-5,10-11H2,1-3H3,(H,21,23)/t17-/m0/s1. The summed E-state index contributed by atoms with van der Waals surface area (Å²) < 4.78 is 3.85. The summed E-state index contributed by atoms with van der Waals surface area (Å²) in [6, 6.07) is 6.54. The molecule has 0 unspecified atom stereocenters. The molecule has 0 heterocycles. The number of anilines is 1. The Hall–Kier alpha value is -1.79. The summed E-state index contributed by atoms with van der Waals surface area (Å²) in [5.74, 6) is -1.15. The molecule has 1 aromatic carbocycles. The molecule has 1 atom stereocenters. The van der Waals surface area contributed by atoms with Crippen LogP contribution in [0.15, 0.2) is 24.3 Å². The molecule has 8 heteroatoms. The van der Waals surface area contributed by atoms with E-state index in [0.29, 0.717) is 30.8 Å². The van der Waals surface area contributed by atoms with E-state index in [9.17, 15) is 14.4 Å². The second-order valence-corrected chi connectivity index (χ2v) is 7.88. The second-order valence-electron chi connectivity index (χ2n) is 6.39. The number of nitrogens with one attached hydrogen (secondary N) is 1. The van der Waals surface area contributed by atoms with Crippen molar-refractivity contribution in [2.75, 3.05) is 25.0 Å². The number of alkyl halides is 2. The predicted molar refractivity (Wildman–Crippen MR) is 100 cm³/mol. The lowest BCUT2D eigenvalue weighted by molar-refractivity contribution is -0.152. The molecule has 1 saturated carbocycles. The molecule has 1 aliphatic carbocycles. The molecule has 1 aliphatic rings. The third kappa shape index (κ3) is 4.30. The van der Waals surface area contributed by atoms with Gasteiger partial charge in [-0.3, -0.25) is 14.4 Å². The Morgan fingerprint density at radius 1 is 1.15 bits per heavy atom. The van der Waals surface area contributed by atoms with Crippen molar-refractivity contribution < 1.29 is 19.1 Å². The third-order valence-corrected chi connectivity index (χ3v) is 5.61. The number of amides is 2. The maximum absolute atomic E-state index is 12.2. The Kier molecular flexibility index (Phi) is 6.19. The summed E-state index contributed by atoms with van der Waals surface area (Å²) in [4.78, 5) is 37.8. The van der Waals surface area contributed by atoms with E-state index in [4.69, 9.17) is 27.9 Å². The Morgan fingerprint density at radius 3 is 2.15 bits per heavy atom. The van der Waals surface area contributed by atoms with E-state index in [1.807, 2.05) is 13.8 Å². The highest BCUT2D eigenvalue weighted by Gasteiger charge is 2.69. The highest BCUT2D eigenvalue weighted by atomic mass is 35.5. The molecule has 6 nitrogen and oxygen atoms in total. The molecular formula is C18H22Cl2N2O4. The van der Waals surface area contributed by atoms with Crippen molar-refractivity contribution in [3.05, 3.63) is 29.8 Å². The zero-order valence-corrected chi connectivity index (χ0v) is 16.5. The Labute approximate surface area is 162 Å². The molecule has 0 radical (unpaired) electrons.